The standard InChI is InChI=1S/C76H46/c1-3-9-57-44-62(25-19-47(57)7-1)61-13-6-14-63(46-61)67-37-29-55-31-39-69-65(35-27-53-33-41-71(67)75(55)73(53)69)51-21-15-49(16-22-51)59-11-5-12-60(43-59)50-17-23-52(24-18-50)66-36-28-54-34-42-72-68(38-30-56-32-40-70(66)74(54)76(56)72)64-26-20-48-8-2-4-10-58(48)45-64/h1-46H. The molecule has 0 saturated heterocycles. The van der Waals surface area contributed by atoms with E-state index in [0.29, 0.717) is 0 Å². The van der Waals surface area contributed by atoms with E-state index in [2.05, 4.69) is 279 Å². The molecule has 0 aliphatic heterocycles. The van der Waals surface area contributed by atoms with Crippen LogP contribution in [0.5, 0.6) is 0 Å². The fourth-order valence-corrected chi connectivity index (χ4v) is 12.8. The van der Waals surface area contributed by atoms with Crippen molar-refractivity contribution in [3.8, 4) is 77.9 Å². The fraction of sp³-hybridized carbons (Fsp3) is 0. The Morgan fingerprint density at radius 2 is 0.395 bits per heavy atom. The minimum Gasteiger partial charge on any atom is -0.0616 e. The summed E-state index contributed by atoms with van der Waals surface area (Å²) in [6.07, 6.45) is 0. The second-order valence-corrected chi connectivity index (χ2v) is 20.7. The quantitative estimate of drug-likeness (QED) is 0.140. The van der Waals surface area contributed by atoms with Crippen LogP contribution < -0.4 is 0 Å². The van der Waals surface area contributed by atoms with Crippen molar-refractivity contribution in [1.82, 2.24) is 0 Å². The van der Waals surface area contributed by atoms with Crippen LogP contribution in [0.4, 0.5) is 0 Å². The highest BCUT2D eigenvalue weighted by molar-refractivity contribution is 6.29. The van der Waals surface area contributed by atoms with Gasteiger partial charge in [-0.15, -0.1) is 0 Å². The third-order valence-electron chi connectivity index (χ3n) is 16.6. The van der Waals surface area contributed by atoms with E-state index < -0.39 is 0 Å². The zero-order chi connectivity index (χ0) is 49.8. The summed E-state index contributed by atoms with van der Waals surface area (Å²) in [5, 5.41) is 20.6. The molecule has 0 fully saturated rings. The first kappa shape index (κ1) is 42.6. The zero-order valence-corrected chi connectivity index (χ0v) is 41.6. The number of hydrogen-bond acceptors (Lipinski definition) is 0. The van der Waals surface area contributed by atoms with E-state index in [9.17, 15) is 0 Å². The second-order valence-electron chi connectivity index (χ2n) is 20.7. The number of hydrogen-bond donors (Lipinski definition) is 0. The first-order valence-corrected chi connectivity index (χ1v) is 26.5. The van der Waals surface area contributed by atoms with Gasteiger partial charge in [-0.3, -0.25) is 0 Å². The summed E-state index contributed by atoms with van der Waals surface area (Å²) in [6.45, 7) is 0. The third-order valence-corrected chi connectivity index (χ3v) is 16.6. The molecule has 0 aliphatic rings. The summed E-state index contributed by atoms with van der Waals surface area (Å²) in [7, 11) is 0. The lowest BCUT2D eigenvalue weighted by molar-refractivity contribution is 1.58. The summed E-state index contributed by atoms with van der Waals surface area (Å²) in [4.78, 5) is 0. The molecule has 76 heavy (non-hydrogen) atoms. The average Bonchev–Trinajstić information content (AvgIpc) is 3.53. The lowest BCUT2D eigenvalue weighted by Crippen LogP contribution is -1.90. The van der Waals surface area contributed by atoms with E-state index in [4.69, 9.17) is 0 Å². The molecule has 0 N–H and O–H groups in total. The van der Waals surface area contributed by atoms with Gasteiger partial charge in [-0.25, -0.2) is 0 Å². The van der Waals surface area contributed by atoms with Gasteiger partial charge in [-0.1, -0.05) is 255 Å². The molecule has 0 heterocycles. The Balaban J connectivity index is 0.701. The molecule has 0 heteroatoms. The Bertz CT molecular complexity index is 4960. The Kier molecular flexibility index (Phi) is 9.44. The molecule has 0 aromatic heterocycles. The van der Waals surface area contributed by atoms with Crippen LogP contribution in [0.1, 0.15) is 0 Å². The van der Waals surface area contributed by atoms with Gasteiger partial charge in [-0.05, 0) is 188 Å². The van der Waals surface area contributed by atoms with Gasteiger partial charge in [0.05, 0.1) is 0 Å². The van der Waals surface area contributed by atoms with E-state index in [1.54, 1.807) is 0 Å². The van der Waals surface area contributed by atoms with Gasteiger partial charge in [0.15, 0.2) is 0 Å². The van der Waals surface area contributed by atoms with Crippen molar-refractivity contribution < 1.29 is 0 Å². The molecule has 16 rings (SSSR count). The highest BCUT2D eigenvalue weighted by atomic mass is 14.2. The molecule has 16 aromatic rings. The van der Waals surface area contributed by atoms with E-state index in [0.717, 1.165) is 0 Å². The van der Waals surface area contributed by atoms with Crippen LogP contribution in [-0.2, 0) is 0 Å². The molecule has 0 amide bonds. The SMILES string of the molecule is c1cc(-c2ccc(-c3ccc4ccc5c(-c6cccc(-c7ccc8ccccc8c7)c6)ccc6ccc3c4c65)cc2)cc(-c2ccc(-c3ccc4ccc5c(-c6ccc7ccccc7c6)ccc6ccc3c4c65)cc2)c1. The number of rotatable bonds is 7. The summed E-state index contributed by atoms with van der Waals surface area (Å²) in [5.41, 5.74) is 17.2. The van der Waals surface area contributed by atoms with Crippen LogP contribution in [0.2, 0.25) is 0 Å². The Hall–Kier alpha value is -9.88. The normalized spacial score (nSPS) is 11.9. The molecule has 350 valence electrons. The maximum absolute atomic E-state index is 2.35. The number of fused-ring (bicyclic) bond motifs is 2. The molecular weight excluding hydrogens is 913 g/mol. The van der Waals surface area contributed by atoms with Gasteiger partial charge in [0.25, 0.3) is 0 Å². The van der Waals surface area contributed by atoms with Crippen molar-refractivity contribution in [3.63, 3.8) is 0 Å². The summed E-state index contributed by atoms with van der Waals surface area (Å²) >= 11 is 0. The van der Waals surface area contributed by atoms with Crippen molar-refractivity contribution in [3.05, 3.63) is 279 Å². The van der Waals surface area contributed by atoms with E-state index in [-0.39, 0.29) is 0 Å². The second kappa shape index (κ2) is 16.8. The van der Waals surface area contributed by atoms with Gasteiger partial charge in [0, 0.05) is 0 Å². The van der Waals surface area contributed by atoms with Crippen LogP contribution in [0.3, 0.4) is 0 Å². The molecule has 0 bridgehead atoms. The van der Waals surface area contributed by atoms with Gasteiger partial charge >= 0.3 is 0 Å². The number of benzene rings is 16. The Labute approximate surface area is 440 Å². The van der Waals surface area contributed by atoms with Crippen LogP contribution >= 0.6 is 0 Å². The molecule has 0 unspecified atom stereocenters. The maximum Gasteiger partial charge on any atom is -0.00203 e. The van der Waals surface area contributed by atoms with Crippen LogP contribution in [0, 0.1) is 0 Å². The van der Waals surface area contributed by atoms with Crippen molar-refractivity contribution >= 4 is 86.2 Å². The first-order valence-electron chi connectivity index (χ1n) is 26.5. The van der Waals surface area contributed by atoms with Crippen molar-refractivity contribution in [1.29, 1.82) is 0 Å². The van der Waals surface area contributed by atoms with Crippen LogP contribution in [0.25, 0.3) is 164 Å². The predicted molar refractivity (Wildman–Crippen MR) is 327 cm³/mol. The van der Waals surface area contributed by atoms with E-state index >= 15 is 0 Å². The Morgan fingerprint density at radius 3 is 0.829 bits per heavy atom. The molecule has 0 spiro atoms. The van der Waals surface area contributed by atoms with Gasteiger partial charge in [-0.2, -0.15) is 0 Å². The highest BCUT2D eigenvalue weighted by Crippen LogP contribution is 2.45. The van der Waals surface area contributed by atoms with Crippen LogP contribution in [-0.4, -0.2) is 0 Å². The van der Waals surface area contributed by atoms with Crippen LogP contribution in [0.15, 0.2) is 279 Å². The van der Waals surface area contributed by atoms with Crippen molar-refractivity contribution in [2.75, 3.05) is 0 Å². The first-order chi connectivity index (χ1) is 37.6. The molecule has 0 radical (unpaired) electrons. The van der Waals surface area contributed by atoms with Gasteiger partial charge in [0.1, 0.15) is 0 Å². The molecule has 16 aromatic carbocycles. The van der Waals surface area contributed by atoms with Crippen molar-refractivity contribution in [2.24, 2.45) is 0 Å². The predicted octanol–water partition coefficient (Wildman–Crippen LogP) is 21.5. The lowest BCUT2D eigenvalue weighted by Gasteiger charge is -2.17. The summed E-state index contributed by atoms with van der Waals surface area (Å²) in [6, 6.07) is 104. The van der Waals surface area contributed by atoms with Gasteiger partial charge in [0.2, 0.25) is 0 Å². The zero-order valence-electron chi connectivity index (χ0n) is 41.6. The largest absolute Gasteiger partial charge is 0.0616 e. The lowest BCUT2D eigenvalue weighted by atomic mass is 9.86. The van der Waals surface area contributed by atoms with E-state index in [1.165, 1.54) is 164 Å². The average molecular weight is 959 g/mol. The maximum atomic E-state index is 2.35. The monoisotopic (exact) mass is 958 g/mol. The highest BCUT2D eigenvalue weighted by Gasteiger charge is 2.18. The topological polar surface area (TPSA) is 0 Å². The Morgan fingerprint density at radius 1 is 0.132 bits per heavy atom. The molecule has 0 aliphatic carbocycles. The van der Waals surface area contributed by atoms with Crippen molar-refractivity contribution in [2.45, 2.75) is 0 Å². The minimum atomic E-state index is 1.20. The smallest absolute Gasteiger partial charge is 0.00203 e. The summed E-state index contributed by atoms with van der Waals surface area (Å²) < 4.78 is 0. The third kappa shape index (κ3) is 6.78. The van der Waals surface area contributed by atoms with Gasteiger partial charge < -0.3 is 0 Å². The fourth-order valence-electron chi connectivity index (χ4n) is 12.8. The minimum absolute atomic E-state index is 1.20. The van der Waals surface area contributed by atoms with E-state index in [1.807, 2.05) is 0 Å². The summed E-state index contributed by atoms with van der Waals surface area (Å²) in [5.74, 6) is 0. The molecular formula is C76H46. The molecule has 0 nitrogen and oxygen atoms in total. The molecule has 0 saturated carbocycles. The molecule has 0 atom stereocenters.